The van der Waals surface area contributed by atoms with Crippen LogP contribution in [0.5, 0.6) is 0 Å². The summed E-state index contributed by atoms with van der Waals surface area (Å²) in [5.41, 5.74) is 1.52. The Balaban J connectivity index is 1.65. The van der Waals surface area contributed by atoms with Gasteiger partial charge in [-0.25, -0.2) is 8.78 Å². The lowest BCUT2D eigenvalue weighted by Gasteiger charge is -2.33. The molecule has 1 aliphatic heterocycles. The number of amides is 1. The molecule has 0 saturated carbocycles. The SMILES string of the molecule is Cc1csc(=O)n1CCC(=O)NC1CNCCC1c1ccc(F)c(F)c1. The Bertz CT molecular complexity index is 849. The molecule has 1 aliphatic rings. The lowest BCUT2D eigenvalue weighted by atomic mass is 9.86. The maximum Gasteiger partial charge on any atom is 0.307 e. The number of rotatable bonds is 5. The molecule has 0 aliphatic carbocycles. The van der Waals surface area contributed by atoms with Crippen LogP contribution in [0.15, 0.2) is 28.4 Å². The summed E-state index contributed by atoms with van der Waals surface area (Å²) in [6.45, 7) is 3.47. The predicted octanol–water partition coefficient (Wildman–Crippen LogP) is 2.15. The van der Waals surface area contributed by atoms with Crippen molar-refractivity contribution in [3.8, 4) is 0 Å². The molecule has 0 spiro atoms. The summed E-state index contributed by atoms with van der Waals surface area (Å²) in [4.78, 5) is 24.0. The molecular weight excluding hydrogens is 360 g/mol. The van der Waals surface area contributed by atoms with Gasteiger partial charge in [-0.2, -0.15) is 0 Å². The zero-order chi connectivity index (χ0) is 18.7. The molecule has 1 amide bonds. The topological polar surface area (TPSA) is 63.1 Å². The Morgan fingerprint density at radius 1 is 1.38 bits per heavy atom. The van der Waals surface area contributed by atoms with Crippen molar-refractivity contribution in [1.82, 2.24) is 15.2 Å². The average molecular weight is 381 g/mol. The molecular formula is C18H21F2N3O2S. The molecule has 1 fully saturated rings. The summed E-state index contributed by atoms with van der Waals surface area (Å²) >= 11 is 1.12. The highest BCUT2D eigenvalue weighted by Crippen LogP contribution is 2.27. The second kappa shape index (κ2) is 8.09. The van der Waals surface area contributed by atoms with Gasteiger partial charge in [-0.3, -0.25) is 9.59 Å². The van der Waals surface area contributed by atoms with Gasteiger partial charge in [0, 0.05) is 42.5 Å². The smallest absolute Gasteiger partial charge is 0.307 e. The molecule has 2 unspecified atom stereocenters. The van der Waals surface area contributed by atoms with Crippen LogP contribution in [-0.2, 0) is 11.3 Å². The number of piperidine rings is 1. The first-order valence-electron chi connectivity index (χ1n) is 8.55. The number of nitrogens with one attached hydrogen (secondary N) is 2. The van der Waals surface area contributed by atoms with E-state index in [9.17, 15) is 18.4 Å². The highest BCUT2D eigenvalue weighted by atomic mass is 32.1. The van der Waals surface area contributed by atoms with Crippen molar-refractivity contribution >= 4 is 17.2 Å². The van der Waals surface area contributed by atoms with Gasteiger partial charge in [0.15, 0.2) is 11.6 Å². The molecule has 3 rings (SSSR count). The second-order valence-corrected chi connectivity index (χ2v) is 7.31. The zero-order valence-corrected chi connectivity index (χ0v) is 15.2. The third-order valence-electron chi connectivity index (χ3n) is 4.74. The highest BCUT2D eigenvalue weighted by Gasteiger charge is 2.28. The minimum atomic E-state index is -0.876. The minimum Gasteiger partial charge on any atom is -0.351 e. The molecule has 2 heterocycles. The Hall–Kier alpha value is -2.06. The number of hydrogen-bond acceptors (Lipinski definition) is 4. The van der Waals surface area contributed by atoms with Crippen molar-refractivity contribution in [2.75, 3.05) is 13.1 Å². The maximum absolute atomic E-state index is 13.6. The fourth-order valence-corrected chi connectivity index (χ4v) is 4.08. The van der Waals surface area contributed by atoms with Gasteiger partial charge in [-0.1, -0.05) is 17.4 Å². The number of benzene rings is 1. The first-order chi connectivity index (χ1) is 12.5. The molecule has 8 heteroatoms. The van der Waals surface area contributed by atoms with Gasteiger partial charge in [0.25, 0.3) is 0 Å². The van der Waals surface area contributed by atoms with Crippen molar-refractivity contribution in [1.29, 1.82) is 0 Å². The molecule has 26 heavy (non-hydrogen) atoms. The number of aryl methyl sites for hydroxylation is 1. The van der Waals surface area contributed by atoms with Crippen molar-refractivity contribution in [3.63, 3.8) is 0 Å². The largest absolute Gasteiger partial charge is 0.351 e. The molecule has 2 atom stereocenters. The lowest BCUT2D eigenvalue weighted by molar-refractivity contribution is -0.122. The van der Waals surface area contributed by atoms with E-state index in [0.717, 1.165) is 36.1 Å². The highest BCUT2D eigenvalue weighted by molar-refractivity contribution is 7.07. The number of carbonyl (C=O) groups excluding carboxylic acids is 1. The van der Waals surface area contributed by atoms with Crippen molar-refractivity contribution in [2.24, 2.45) is 0 Å². The zero-order valence-electron chi connectivity index (χ0n) is 14.4. The second-order valence-electron chi connectivity index (χ2n) is 6.49. The van der Waals surface area contributed by atoms with Gasteiger partial charge in [0.1, 0.15) is 0 Å². The predicted molar refractivity (Wildman–Crippen MR) is 96.4 cm³/mol. The van der Waals surface area contributed by atoms with E-state index in [-0.39, 0.29) is 29.2 Å². The fraction of sp³-hybridized carbons (Fsp3) is 0.444. The van der Waals surface area contributed by atoms with Crippen LogP contribution >= 0.6 is 11.3 Å². The number of carbonyl (C=O) groups is 1. The molecule has 0 bridgehead atoms. The first-order valence-corrected chi connectivity index (χ1v) is 9.43. The number of aromatic nitrogens is 1. The molecule has 1 aromatic carbocycles. The summed E-state index contributed by atoms with van der Waals surface area (Å²) < 4.78 is 28.3. The van der Waals surface area contributed by atoms with E-state index in [1.54, 1.807) is 16.0 Å². The maximum atomic E-state index is 13.6. The summed E-state index contributed by atoms with van der Waals surface area (Å²) in [5, 5.41) is 7.96. The summed E-state index contributed by atoms with van der Waals surface area (Å²) in [7, 11) is 0. The monoisotopic (exact) mass is 381 g/mol. The Kier molecular flexibility index (Phi) is 5.83. The van der Waals surface area contributed by atoms with Gasteiger partial charge < -0.3 is 15.2 Å². The minimum absolute atomic E-state index is 0.0747. The van der Waals surface area contributed by atoms with E-state index in [1.165, 1.54) is 6.07 Å². The van der Waals surface area contributed by atoms with Crippen molar-refractivity contribution in [2.45, 2.75) is 38.3 Å². The standard InChI is InChI=1S/C18H21F2N3O2S/c1-11-10-26-18(25)23(11)7-5-17(24)22-16-9-21-6-4-13(16)12-2-3-14(19)15(20)8-12/h2-3,8,10,13,16,21H,4-7,9H2,1H3,(H,22,24). The quantitative estimate of drug-likeness (QED) is 0.834. The van der Waals surface area contributed by atoms with Crippen LogP contribution in [0.25, 0.3) is 0 Å². The van der Waals surface area contributed by atoms with Crippen LogP contribution < -0.4 is 15.5 Å². The lowest BCUT2D eigenvalue weighted by Crippen LogP contribution is -2.50. The van der Waals surface area contributed by atoms with Gasteiger partial charge in [0.2, 0.25) is 5.91 Å². The van der Waals surface area contributed by atoms with E-state index in [4.69, 9.17) is 0 Å². The van der Waals surface area contributed by atoms with E-state index in [2.05, 4.69) is 10.6 Å². The molecule has 0 radical (unpaired) electrons. The van der Waals surface area contributed by atoms with E-state index in [0.29, 0.717) is 18.7 Å². The van der Waals surface area contributed by atoms with E-state index >= 15 is 0 Å². The van der Waals surface area contributed by atoms with E-state index < -0.39 is 11.6 Å². The van der Waals surface area contributed by atoms with Crippen molar-refractivity contribution < 1.29 is 13.6 Å². The first kappa shape index (κ1) is 18.7. The summed E-state index contributed by atoms with van der Waals surface area (Å²) in [6, 6.07) is 3.69. The van der Waals surface area contributed by atoms with Crippen LogP contribution in [0, 0.1) is 18.6 Å². The summed E-state index contributed by atoms with van der Waals surface area (Å²) in [5.74, 6) is -2.00. The Labute approximate surface area is 154 Å². The molecule has 1 saturated heterocycles. The molecule has 2 aromatic rings. The van der Waals surface area contributed by atoms with Crippen LogP contribution in [0.4, 0.5) is 8.78 Å². The van der Waals surface area contributed by atoms with Crippen LogP contribution in [0.2, 0.25) is 0 Å². The third kappa shape index (κ3) is 4.19. The van der Waals surface area contributed by atoms with Crippen LogP contribution in [0.1, 0.15) is 30.0 Å². The van der Waals surface area contributed by atoms with Gasteiger partial charge in [-0.15, -0.1) is 0 Å². The van der Waals surface area contributed by atoms with Crippen LogP contribution in [0.3, 0.4) is 0 Å². The number of halogens is 2. The van der Waals surface area contributed by atoms with Crippen molar-refractivity contribution in [3.05, 3.63) is 56.1 Å². The van der Waals surface area contributed by atoms with Gasteiger partial charge in [-0.05, 0) is 37.6 Å². The van der Waals surface area contributed by atoms with Gasteiger partial charge in [0.05, 0.1) is 0 Å². The Morgan fingerprint density at radius 3 is 2.88 bits per heavy atom. The number of thiazole rings is 1. The number of nitrogens with zero attached hydrogens (tertiary/aromatic N) is 1. The van der Waals surface area contributed by atoms with Gasteiger partial charge >= 0.3 is 4.87 Å². The average Bonchev–Trinajstić information content (AvgIpc) is 2.94. The van der Waals surface area contributed by atoms with E-state index in [1.807, 2.05) is 6.92 Å². The molecule has 140 valence electrons. The normalized spacial score (nSPS) is 20.1. The third-order valence-corrected chi connectivity index (χ3v) is 5.62. The Morgan fingerprint density at radius 2 is 2.19 bits per heavy atom. The molecule has 2 N–H and O–H groups in total. The molecule has 1 aromatic heterocycles. The summed E-state index contributed by atoms with van der Waals surface area (Å²) in [6.07, 6.45) is 0.914. The molecule has 5 nitrogen and oxygen atoms in total. The van der Waals surface area contributed by atoms with Crippen LogP contribution in [-0.4, -0.2) is 29.6 Å². The number of hydrogen-bond donors (Lipinski definition) is 2. The fourth-order valence-electron chi connectivity index (χ4n) is 3.32.